The van der Waals surface area contributed by atoms with E-state index in [0.29, 0.717) is 36.3 Å². The van der Waals surface area contributed by atoms with E-state index in [-0.39, 0.29) is 18.0 Å². The first-order valence-electron chi connectivity index (χ1n) is 10.7. The van der Waals surface area contributed by atoms with Crippen molar-refractivity contribution in [3.63, 3.8) is 0 Å². The number of aryl methyl sites for hydroxylation is 1. The van der Waals surface area contributed by atoms with Crippen molar-refractivity contribution in [1.29, 1.82) is 0 Å². The molecule has 4 aromatic rings. The number of ether oxygens (including phenoxy) is 1. The molecule has 1 aliphatic heterocycles. The minimum Gasteiger partial charge on any atom is -0.367 e. The van der Waals surface area contributed by atoms with Crippen LogP contribution in [-0.4, -0.2) is 43.9 Å². The molecule has 3 heterocycles. The number of hydrogen-bond acceptors (Lipinski definition) is 6. The van der Waals surface area contributed by atoms with Crippen LogP contribution in [0.1, 0.15) is 23.9 Å². The van der Waals surface area contributed by atoms with Crippen LogP contribution in [-0.2, 0) is 11.2 Å². The first-order chi connectivity index (χ1) is 15.8. The highest BCUT2D eigenvalue weighted by Crippen LogP contribution is 2.25. The second-order valence-corrected chi connectivity index (χ2v) is 7.71. The molecule has 1 N–H and O–H groups in total. The number of aromatic nitrogens is 5. The standard InChI is InChI=1S/C24H23FN6O/c25-19-10-8-18(9-11-19)22-29-23(31(30-22)24-26-13-4-14-27-24)21-15-28-20(16-32-21)12-7-17-5-2-1-3-6-17/h1-6,8-11,13-14,20-21,28H,7,12,15-16H2/t20-,21-/m0/s1. The molecule has 0 bridgehead atoms. The Balaban J connectivity index is 1.34. The van der Waals surface area contributed by atoms with E-state index in [0.717, 1.165) is 12.8 Å². The molecule has 0 unspecified atom stereocenters. The Morgan fingerprint density at radius 1 is 1.00 bits per heavy atom. The monoisotopic (exact) mass is 430 g/mol. The third kappa shape index (κ3) is 4.56. The molecule has 2 aromatic heterocycles. The van der Waals surface area contributed by atoms with Crippen molar-refractivity contribution < 1.29 is 9.13 Å². The van der Waals surface area contributed by atoms with Crippen molar-refractivity contribution in [1.82, 2.24) is 30.0 Å². The molecule has 5 rings (SSSR count). The van der Waals surface area contributed by atoms with Crippen LogP contribution in [0.25, 0.3) is 17.3 Å². The van der Waals surface area contributed by atoms with Gasteiger partial charge in [-0.2, -0.15) is 4.68 Å². The van der Waals surface area contributed by atoms with Crippen molar-refractivity contribution >= 4 is 0 Å². The highest BCUT2D eigenvalue weighted by Gasteiger charge is 2.28. The maximum absolute atomic E-state index is 13.4. The molecule has 0 radical (unpaired) electrons. The van der Waals surface area contributed by atoms with E-state index in [1.807, 2.05) is 6.07 Å². The van der Waals surface area contributed by atoms with Gasteiger partial charge < -0.3 is 10.1 Å². The zero-order valence-corrected chi connectivity index (χ0v) is 17.4. The van der Waals surface area contributed by atoms with Gasteiger partial charge in [-0.3, -0.25) is 0 Å². The van der Waals surface area contributed by atoms with Gasteiger partial charge in [-0.05, 0) is 48.7 Å². The Labute approximate surface area is 185 Å². The molecule has 162 valence electrons. The van der Waals surface area contributed by atoms with Gasteiger partial charge in [0.15, 0.2) is 11.6 Å². The predicted octanol–water partition coefficient (Wildman–Crippen LogP) is 3.53. The molecule has 0 saturated carbocycles. The lowest BCUT2D eigenvalue weighted by Gasteiger charge is -2.29. The van der Waals surface area contributed by atoms with Crippen molar-refractivity contribution in [2.75, 3.05) is 13.2 Å². The summed E-state index contributed by atoms with van der Waals surface area (Å²) >= 11 is 0. The van der Waals surface area contributed by atoms with Crippen LogP contribution < -0.4 is 5.32 Å². The summed E-state index contributed by atoms with van der Waals surface area (Å²) in [5.74, 6) is 1.20. The number of hydrogen-bond donors (Lipinski definition) is 1. The summed E-state index contributed by atoms with van der Waals surface area (Å²) in [5, 5.41) is 8.18. The fourth-order valence-corrected chi connectivity index (χ4v) is 3.76. The Morgan fingerprint density at radius 2 is 1.78 bits per heavy atom. The van der Waals surface area contributed by atoms with E-state index in [2.05, 4.69) is 44.6 Å². The van der Waals surface area contributed by atoms with E-state index >= 15 is 0 Å². The molecule has 32 heavy (non-hydrogen) atoms. The van der Waals surface area contributed by atoms with Crippen LogP contribution in [0.4, 0.5) is 4.39 Å². The van der Waals surface area contributed by atoms with Gasteiger partial charge in [0.05, 0.1) is 6.61 Å². The van der Waals surface area contributed by atoms with Gasteiger partial charge in [-0.15, -0.1) is 5.10 Å². The Morgan fingerprint density at radius 3 is 2.50 bits per heavy atom. The average Bonchev–Trinajstić information content (AvgIpc) is 3.30. The summed E-state index contributed by atoms with van der Waals surface area (Å²) in [4.78, 5) is 13.3. The minimum absolute atomic E-state index is 0.271. The maximum atomic E-state index is 13.4. The molecule has 1 saturated heterocycles. The summed E-state index contributed by atoms with van der Waals surface area (Å²) in [5.41, 5.74) is 2.04. The number of morpholine rings is 1. The lowest BCUT2D eigenvalue weighted by atomic mass is 10.0. The van der Waals surface area contributed by atoms with Gasteiger partial charge in [0.25, 0.3) is 5.95 Å². The van der Waals surface area contributed by atoms with Crippen molar-refractivity contribution in [3.05, 3.63) is 90.3 Å². The highest BCUT2D eigenvalue weighted by atomic mass is 19.1. The summed E-state index contributed by atoms with van der Waals surface area (Å²) in [6.07, 6.45) is 5.01. The van der Waals surface area contributed by atoms with E-state index < -0.39 is 0 Å². The molecule has 0 aliphatic carbocycles. The fraction of sp³-hybridized carbons (Fsp3) is 0.250. The van der Waals surface area contributed by atoms with Gasteiger partial charge in [-0.1, -0.05) is 30.3 Å². The van der Waals surface area contributed by atoms with Crippen LogP contribution in [0.15, 0.2) is 73.1 Å². The molecule has 2 atom stereocenters. The van der Waals surface area contributed by atoms with E-state index in [9.17, 15) is 4.39 Å². The van der Waals surface area contributed by atoms with Crippen LogP contribution in [0.3, 0.4) is 0 Å². The molecule has 2 aromatic carbocycles. The molecule has 0 spiro atoms. The number of benzene rings is 2. The van der Waals surface area contributed by atoms with E-state index in [1.54, 1.807) is 35.3 Å². The SMILES string of the molecule is Fc1ccc(-c2nc([C@@H]3CN[C@@H](CCc4ccccc4)CO3)n(-c3ncccn3)n2)cc1. The van der Waals surface area contributed by atoms with Gasteiger partial charge in [0.2, 0.25) is 0 Å². The third-order valence-corrected chi connectivity index (χ3v) is 5.48. The first kappa shape index (κ1) is 20.4. The zero-order valence-electron chi connectivity index (χ0n) is 17.4. The lowest BCUT2D eigenvalue weighted by Crippen LogP contribution is -2.43. The van der Waals surface area contributed by atoms with Gasteiger partial charge >= 0.3 is 0 Å². The number of nitrogens with one attached hydrogen (secondary N) is 1. The predicted molar refractivity (Wildman–Crippen MR) is 118 cm³/mol. The molecular formula is C24H23FN6O. The van der Waals surface area contributed by atoms with Crippen LogP contribution in [0, 0.1) is 5.82 Å². The summed E-state index contributed by atoms with van der Waals surface area (Å²) in [6, 6.07) is 18.6. The Kier molecular flexibility index (Phi) is 5.96. The quantitative estimate of drug-likeness (QED) is 0.504. The maximum Gasteiger partial charge on any atom is 0.252 e. The van der Waals surface area contributed by atoms with Crippen LogP contribution >= 0.6 is 0 Å². The molecule has 1 aliphatic rings. The Hall–Kier alpha value is -3.49. The summed E-state index contributed by atoms with van der Waals surface area (Å²) in [6.45, 7) is 1.18. The van der Waals surface area contributed by atoms with E-state index in [1.165, 1.54) is 17.7 Å². The highest BCUT2D eigenvalue weighted by molar-refractivity contribution is 5.54. The van der Waals surface area contributed by atoms with Crippen LogP contribution in [0.5, 0.6) is 0 Å². The first-order valence-corrected chi connectivity index (χ1v) is 10.7. The average molecular weight is 430 g/mol. The molecule has 0 amide bonds. The minimum atomic E-state index is -0.304. The smallest absolute Gasteiger partial charge is 0.252 e. The normalized spacial score (nSPS) is 18.5. The van der Waals surface area contributed by atoms with E-state index in [4.69, 9.17) is 9.72 Å². The largest absolute Gasteiger partial charge is 0.367 e. The number of halogens is 1. The van der Waals surface area contributed by atoms with Gasteiger partial charge in [0, 0.05) is 30.5 Å². The van der Waals surface area contributed by atoms with Crippen molar-refractivity contribution in [3.8, 4) is 17.3 Å². The second-order valence-electron chi connectivity index (χ2n) is 7.71. The molecular weight excluding hydrogens is 407 g/mol. The zero-order chi connectivity index (χ0) is 21.8. The van der Waals surface area contributed by atoms with Gasteiger partial charge in [0.1, 0.15) is 11.9 Å². The third-order valence-electron chi connectivity index (χ3n) is 5.48. The van der Waals surface area contributed by atoms with Gasteiger partial charge in [-0.25, -0.2) is 19.3 Å². The lowest BCUT2D eigenvalue weighted by molar-refractivity contribution is -0.00480. The van der Waals surface area contributed by atoms with Crippen molar-refractivity contribution in [2.45, 2.75) is 25.0 Å². The second kappa shape index (κ2) is 9.33. The van der Waals surface area contributed by atoms with Crippen LogP contribution in [0.2, 0.25) is 0 Å². The molecule has 7 nitrogen and oxygen atoms in total. The Bertz CT molecular complexity index is 1140. The fourth-order valence-electron chi connectivity index (χ4n) is 3.76. The topological polar surface area (TPSA) is 77.8 Å². The number of nitrogens with zero attached hydrogens (tertiary/aromatic N) is 5. The number of rotatable bonds is 6. The summed E-state index contributed by atoms with van der Waals surface area (Å²) < 4.78 is 21.2. The van der Waals surface area contributed by atoms with Crippen molar-refractivity contribution in [2.24, 2.45) is 0 Å². The molecule has 8 heteroatoms. The summed E-state index contributed by atoms with van der Waals surface area (Å²) in [7, 11) is 0. The molecule has 1 fully saturated rings.